The number of aromatic amines is 1. The lowest BCUT2D eigenvalue weighted by Gasteiger charge is -2.06. The van der Waals surface area contributed by atoms with E-state index in [9.17, 15) is 9.90 Å². The maximum atomic E-state index is 11.9. The minimum absolute atomic E-state index is 0.0101. The van der Waals surface area contributed by atoms with Crippen LogP contribution < -0.4 is 10.2 Å². The number of nitrogens with zero attached hydrogens (tertiary/aromatic N) is 2. The molecule has 134 valence electrons. The first-order valence-electron chi connectivity index (χ1n) is 7.53. The number of fused-ring (bicyclic) bond motifs is 1. The molecular weight excluding hydrogens is 420 g/mol. The number of phenolic OH excluding ortho intramolecular Hbond substituents is 1. The minimum atomic E-state index is -0.253. The summed E-state index contributed by atoms with van der Waals surface area (Å²) in [6.45, 7) is 0. The third kappa shape index (κ3) is 4.36. The molecule has 0 saturated heterocycles. The van der Waals surface area contributed by atoms with Crippen molar-refractivity contribution in [3.8, 4) is 11.5 Å². The molecule has 0 atom stereocenters. The van der Waals surface area contributed by atoms with Crippen LogP contribution in [0.25, 0.3) is 11.0 Å². The lowest BCUT2D eigenvalue weighted by atomic mass is 10.2. The first-order chi connectivity index (χ1) is 12.6. The monoisotopic (exact) mass is 434 g/mol. The fourth-order valence-corrected chi connectivity index (χ4v) is 3.30. The summed E-state index contributed by atoms with van der Waals surface area (Å²) in [4.78, 5) is 19.4. The van der Waals surface area contributed by atoms with Crippen molar-refractivity contribution >= 4 is 50.8 Å². The van der Waals surface area contributed by atoms with Crippen LogP contribution >= 0.6 is 27.7 Å². The third-order valence-corrected chi connectivity index (χ3v) is 4.86. The number of hydrogen-bond acceptors (Lipinski definition) is 6. The lowest BCUT2D eigenvalue weighted by molar-refractivity contribution is -0.118. The first-order valence-corrected chi connectivity index (χ1v) is 9.30. The van der Waals surface area contributed by atoms with E-state index >= 15 is 0 Å². The molecule has 3 N–H and O–H groups in total. The Morgan fingerprint density at radius 1 is 1.46 bits per heavy atom. The van der Waals surface area contributed by atoms with E-state index in [4.69, 9.17) is 4.74 Å². The lowest BCUT2D eigenvalue weighted by Crippen LogP contribution is -2.19. The number of hydrazone groups is 1. The van der Waals surface area contributed by atoms with Gasteiger partial charge >= 0.3 is 0 Å². The maximum Gasteiger partial charge on any atom is 0.250 e. The molecule has 7 nitrogen and oxygen atoms in total. The minimum Gasteiger partial charge on any atom is -0.503 e. The van der Waals surface area contributed by atoms with Crippen LogP contribution in [0.15, 0.2) is 51.1 Å². The number of carbonyl (C=O) groups excluding carboxylic acids is 1. The quantitative estimate of drug-likeness (QED) is 0.314. The normalized spacial score (nSPS) is 11.2. The number of methoxy groups -OCH3 is 1. The summed E-state index contributed by atoms with van der Waals surface area (Å²) in [5, 5.41) is 14.4. The summed E-state index contributed by atoms with van der Waals surface area (Å²) in [6.07, 6.45) is 1.47. The highest BCUT2D eigenvalue weighted by Gasteiger charge is 2.08. The van der Waals surface area contributed by atoms with Crippen LogP contribution in [0, 0.1) is 0 Å². The standard InChI is InChI=1S/C17H15BrN4O3S/c1-25-14-7-10(6-11(18)16(14)24)8-19-22-15(23)9-26-17-20-12-4-2-3-5-13(12)21-17/h2-8,24H,9H2,1H3,(H,20,21)(H,22,23)/b19-8-. The zero-order valence-electron chi connectivity index (χ0n) is 13.7. The smallest absolute Gasteiger partial charge is 0.250 e. The molecule has 0 aliphatic rings. The largest absolute Gasteiger partial charge is 0.503 e. The van der Waals surface area contributed by atoms with E-state index in [2.05, 4.69) is 36.4 Å². The van der Waals surface area contributed by atoms with Gasteiger partial charge in [-0.3, -0.25) is 4.79 Å². The van der Waals surface area contributed by atoms with Crippen molar-refractivity contribution in [2.45, 2.75) is 5.16 Å². The van der Waals surface area contributed by atoms with Crippen molar-refractivity contribution in [1.82, 2.24) is 15.4 Å². The number of amides is 1. The second-order valence-corrected chi connectivity index (χ2v) is 7.01. The van der Waals surface area contributed by atoms with E-state index in [1.165, 1.54) is 25.1 Å². The van der Waals surface area contributed by atoms with Crippen LogP contribution in [0.5, 0.6) is 11.5 Å². The molecule has 0 unspecified atom stereocenters. The molecule has 3 aromatic rings. The van der Waals surface area contributed by atoms with Crippen LogP contribution in [0.4, 0.5) is 0 Å². The molecular formula is C17H15BrN4O3S. The van der Waals surface area contributed by atoms with E-state index < -0.39 is 0 Å². The Kier molecular flexibility index (Phi) is 5.79. The molecule has 0 radical (unpaired) electrons. The van der Waals surface area contributed by atoms with Gasteiger partial charge in [-0.15, -0.1) is 0 Å². The number of aromatic nitrogens is 2. The Labute approximate surface area is 162 Å². The van der Waals surface area contributed by atoms with Gasteiger partial charge in [0, 0.05) is 0 Å². The molecule has 0 aliphatic carbocycles. The van der Waals surface area contributed by atoms with Gasteiger partial charge in [0.1, 0.15) is 0 Å². The molecule has 0 aliphatic heterocycles. The third-order valence-electron chi connectivity index (χ3n) is 3.38. The van der Waals surface area contributed by atoms with E-state index in [1.807, 2.05) is 24.3 Å². The second kappa shape index (κ2) is 8.24. The Bertz CT molecular complexity index is 941. The van der Waals surface area contributed by atoms with Crippen LogP contribution in [0.3, 0.4) is 0 Å². The molecule has 3 rings (SSSR count). The molecule has 0 bridgehead atoms. The molecule has 0 saturated carbocycles. The molecule has 1 amide bonds. The molecule has 0 spiro atoms. The molecule has 0 fully saturated rings. The van der Waals surface area contributed by atoms with Gasteiger partial charge in [-0.1, -0.05) is 23.9 Å². The number of aromatic hydroxyl groups is 1. The number of H-pyrrole nitrogens is 1. The molecule has 26 heavy (non-hydrogen) atoms. The average Bonchev–Trinajstić information content (AvgIpc) is 3.05. The number of hydrogen-bond donors (Lipinski definition) is 3. The summed E-state index contributed by atoms with van der Waals surface area (Å²) in [5.74, 6) is 0.250. The molecule has 1 aromatic heterocycles. The number of halogens is 1. The van der Waals surface area contributed by atoms with Gasteiger partial charge in [-0.25, -0.2) is 10.4 Å². The number of ether oxygens (including phenoxy) is 1. The topological polar surface area (TPSA) is 99.6 Å². The number of benzene rings is 2. The number of carbonyl (C=O) groups is 1. The van der Waals surface area contributed by atoms with Crippen LogP contribution in [0.1, 0.15) is 5.56 Å². The van der Waals surface area contributed by atoms with Crippen molar-refractivity contribution in [2.75, 3.05) is 12.9 Å². The SMILES string of the molecule is COc1cc(/C=N\NC(=O)CSc2nc3ccccc3[nH]2)cc(Br)c1O. The van der Waals surface area contributed by atoms with Crippen LogP contribution in [-0.4, -0.2) is 40.1 Å². The summed E-state index contributed by atoms with van der Waals surface area (Å²) in [6, 6.07) is 10.9. The van der Waals surface area contributed by atoms with Crippen LogP contribution in [-0.2, 0) is 4.79 Å². The number of para-hydroxylation sites is 2. The highest BCUT2D eigenvalue weighted by atomic mass is 79.9. The number of phenols is 1. The second-order valence-electron chi connectivity index (χ2n) is 5.19. The highest BCUT2D eigenvalue weighted by molar-refractivity contribution is 9.10. The Morgan fingerprint density at radius 3 is 3.04 bits per heavy atom. The van der Waals surface area contributed by atoms with Gasteiger partial charge in [-0.2, -0.15) is 5.10 Å². The van der Waals surface area contributed by atoms with Crippen molar-refractivity contribution in [3.63, 3.8) is 0 Å². The first kappa shape index (κ1) is 18.3. The Balaban J connectivity index is 1.55. The van der Waals surface area contributed by atoms with Crippen molar-refractivity contribution in [3.05, 3.63) is 46.4 Å². The maximum absolute atomic E-state index is 11.9. The van der Waals surface area contributed by atoms with Gasteiger partial charge < -0.3 is 14.8 Å². The van der Waals surface area contributed by atoms with Crippen molar-refractivity contribution < 1.29 is 14.6 Å². The van der Waals surface area contributed by atoms with E-state index in [-0.39, 0.29) is 17.4 Å². The van der Waals surface area contributed by atoms with E-state index in [0.29, 0.717) is 20.9 Å². The van der Waals surface area contributed by atoms with Crippen molar-refractivity contribution in [1.29, 1.82) is 0 Å². The average molecular weight is 435 g/mol. The molecule has 2 aromatic carbocycles. The Hall–Kier alpha value is -2.52. The summed E-state index contributed by atoms with van der Waals surface area (Å²) >= 11 is 4.53. The zero-order chi connectivity index (χ0) is 18.5. The number of thioether (sulfide) groups is 1. The number of imidazole rings is 1. The summed E-state index contributed by atoms with van der Waals surface area (Å²) < 4.78 is 5.54. The highest BCUT2D eigenvalue weighted by Crippen LogP contribution is 2.34. The van der Waals surface area contributed by atoms with E-state index in [1.54, 1.807) is 12.1 Å². The summed E-state index contributed by atoms with van der Waals surface area (Å²) in [7, 11) is 1.46. The van der Waals surface area contributed by atoms with Crippen molar-refractivity contribution in [2.24, 2.45) is 5.10 Å². The van der Waals surface area contributed by atoms with Gasteiger partial charge in [0.25, 0.3) is 5.91 Å². The van der Waals surface area contributed by atoms with E-state index in [0.717, 1.165) is 11.0 Å². The number of rotatable bonds is 6. The number of nitrogens with one attached hydrogen (secondary N) is 2. The predicted octanol–water partition coefficient (Wildman–Crippen LogP) is 3.28. The van der Waals surface area contributed by atoms with Crippen LogP contribution in [0.2, 0.25) is 0 Å². The summed E-state index contributed by atoms with van der Waals surface area (Å²) in [5.41, 5.74) is 4.91. The predicted molar refractivity (Wildman–Crippen MR) is 105 cm³/mol. The molecule has 9 heteroatoms. The van der Waals surface area contributed by atoms with Gasteiger partial charge in [0.15, 0.2) is 16.7 Å². The fraction of sp³-hybridized carbons (Fsp3) is 0.118. The van der Waals surface area contributed by atoms with Gasteiger partial charge in [0.2, 0.25) is 0 Å². The molecule has 1 heterocycles. The fourth-order valence-electron chi connectivity index (χ4n) is 2.17. The zero-order valence-corrected chi connectivity index (χ0v) is 16.1. The van der Waals surface area contributed by atoms with Gasteiger partial charge in [0.05, 0.1) is 34.6 Å². The van der Waals surface area contributed by atoms with Gasteiger partial charge in [-0.05, 0) is 45.8 Å². The Morgan fingerprint density at radius 2 is 2.27 bits per heavy atom.